The third kappa shape index (κ3) is 2.77. The van der Waals surface area contributed by atoms with Crippen LogP contribution >= 0.6 is 0 Å². The number of aryl methyl sites for hydroxylation is 2. The molecular weight excluding hydrogens is 256 g/mol. The van der Waals surface area contributed by atoms with E-state index < -0.39 is 5.97 Å². The molecule has 0 saturated carbocycles. The fourth-order valence-electron chi connectivity index (χ4n) is 2.16. The molecule has 0 aliphatic carbocycles. The van der Waals surface area contributed by atoms with Crippen molar-refractivity contribution >= 4 is 5.97 Å². The second-order valence-corrected chi connectivity index (χ2v) is 4.60. The molecule has 0 aliphatic rings. The normalized spacial score (nSPS) is 10.3. The van der Waals surface area contributed by atoms with Crippen LogP contribution in [0.15, 0.2) is 24.7 Å². The quantitative estimate of drug-likeness (QED) is 0.925. The summed E-state index contributed by atoms with van der Waals surface area (Å²) in [5.74, 6) is -0.0935. The van der Waals surface area contributed by atoms with Gasteiger partial charge in [-0.1, -0.05) is 0 Å². The fraction of sp³-hybridized carbons (Fsp3) is 0.267. The van der Waals surface area contributed by atoms with Crippen molar-refractivity contribution in [2.45, 2.75) is 20.3 Å². The van der Waals surface area contributed by atoms with Crippen LogP contribution in [-0.4, -0.2) is 28.2 Å². The fourth-order valence-corrected chi connectivity index (χ4v) is 2.16. The van der Waals surface area contributed by atoms with Crippen LogP contribution in [0.5, 0.6) is 5.75 Å². The minimum absolute atomic E-state index is 0.0965. The lowest BCUT2D eigenvalue weighted by Gasteiger charge is -2.13. The first-order valence-corrected chi connectivity index (χ1v) is 6.19. The molecule has 0 amide bonds. The van der Waals surface area contributed by atoms with Gasteiger partial charge >= 0.3 is 5.97 Å². The largest absolute Gasteiger partial charge is 0.496 e. The Morgan fingerprint density at radius 2 is 2.05 bits per heavy atom. The molecule has 1 N–H and O–H groups in total. The predicted octanol–water partition coefficient (Wildman–Crippen LogP) is 2.40. The minimum Gasteiger partial charge on any atom is -0.496 e. The van der Waals surface area contributed by atoms with E-state index in [2.05, 4.69) is 9.97 Å². The average molecular weight is 272 g/mol. The van der Waals surface area contributed by atoms with E-state index in [9.17, 15) is 4.79 Å². The highest BCUT2D eigenvalue weighted by molar-refractivity contribution is 5.76. The molecule has 2 aromatic rings. The lowest BCUT2D eigenvalue weighted by molar-refractivity contribution is -0.136. The molecule has 0 unspecified atom stereocenters. The number of nitrogens with zero attached hydrogens (tertiary/aromatic N) is 2. The van der Waals surface area contributed by atoms with Crippen LogP contribution in [0.4, 0.5) is 0 Å². The zero-order chi connectivity index (χ0) is 14.7. The number of aromatic nitrogens is 2. The van der Waals surface area contributed by atoms with Crippen LogP contribution in [-0.2, 0) is 11.2 Å². The van der Waals surface area contributed by atoms with Crippen molar-refractivity contribution in [2.75, 3.05) is 7.11 Å². The molecule has 1 heterocycles. The summed E-state index contributed by atoms with van der Waals surface area (Å²) in [7, 11) is 1.63. The smallest absolute Gasteiger partial charge is 0.307 e. The SMILES string of the molecule is COc1cc(C)c(-c2ncncc2CC(=O)O)cc1C. The van der Waals surface area contributed by atoms with Crippen LogP contribution < -0.4 is 4.74 Å². The average Bonchev–Trinajstić information content (AvgIpc) is 2.41. The van der Waals surface area contributed by atoms with Gasteiger partial charge in [0.2, 0.25) is 0 Å². The van der Waals surface area contributed by atoms with Crippen molar-refractivity contribution in [3.05, 3.63) is 41.3 Å². The molecule has 0 fully saturated rings. The molecule has 0 aliphatic heterocycles. The summed E-state index contributed by atoms with van der Waals surface area (Å²) in [6.07, 6.45) is 2.88. The molecule has 0 atom stereocenters. The maximum absolute atomic E-state index is 10.9. The molecule has 5 heteroatoms. The number of hydrogen-bond acceptors (Lipinski definition) is 4. The summed E-state index contributed by atoms with van der Waals surface area (Å²) in [6, 6.07) is 3.89. The van der Waals surface area contributed by atoms with Crippen molar-refractivity contribution in [1.82, 2.24) is 9.97 Å². The lowest BCUT2D eigenvalue weighted by atomic mass is 9.98. The third-order valence-corrected chi connectivity index (χ3v) is 3.13. The number of ether oxygens (including phenoxy) is 1. The van der Waals surface area contributed by atoms with E-state index in [4.69, 9.17) is 9.84 Å². The number of methoxy groups -OCH3 is 1. The van der Waals surface area contributed by atoms with E-state index in [1.54, 1.807) is 13.3 Å². The third-order valence-electron chi connectivity index (χ3n) is 3.13. The first-order valence-electron chi connectivity index (χ1n) is 6.19. The molecule has 5 nitrogen and oxygen atoms in total. The standard InChI is InChI=1S/C15H16N2O3/c1-9-5-13(20-3)10(2)4-12(9)15-11(6-14(18)19)7-16-8-17-15/h4-5,7-8H,6H2,1-3H3,(H,18,19). The highest BCUT2D eigenvalue weighted by Crippen LogP contribution is 2.30. The number of carboxylic acids is 1. The summed E-state index contributed by atoms with van der Waals surface area (Å²) in [6.45, 7) is 3.89. The Kier molecular flexibility index (Phi) is 3.98. The van der Waals surface area contributed by atoms with Gasteiger partial charge in [0.15, 0.2) is 0 Å². The van der Waals surface area contributed by atoms with Crippen LogP contribution in [0.25, 0.3) is 11.3 Å². The van der Waals surface area contributed by atoms with Crippen LogP contribution in [0.3, 0.4) is 0 Å². The van der Waals surface area contributed by atoms with Gasteiger partial charge in [0.05, 0.1) is 19.2 Å². The summed E-state index contributed by atoms with van der Waals surface area (Å²) in [5.41, 5.74) is 4.13. The first-order chi connectivity index (χ1) is 9.52. The van der Waals surface area contributed by atoms with Gasteiger partial charge in [-0.25, -0.2) is 9.97 Å². The van der Waals surface area contributed by atoms with Gasteiger partial charge in [-0.3, -0.25) is 4.79 Å². The second-order valence-electron chi connectivity index (χ2n) is 4.60. The molecule has 0 spiro atoms. The molecule has 20 heavy (non-hydrogen) atoms. The Morgan fingerprint density at radius 3 is 2.70 bits per heavy atom. The van der Waals surface area contributed by atoms with Gasteiger partial charge < -0.3 is 9.84 Å². The van der Waals surface area contributed by atoms with Gasteiger partial charge in [-0.15, -0.1) is 0 Å². The van der Waals surface area contributed by atoms with E-state index in [-0.39, 0.29) is 6.42 Å². The minimum atomic E-state index is -0.899. The van der Waals surface area contributed by atoms with Gasteiger partial charge in [0, 0.05) is 17.3 Å². The molecular formula is C15H16N2O3. The van der Waals surface area contributed by atoms with E-state index in [1.165, 1.54) is 6.33 Å². The number of carboxylic acid groups (broad SMARTS) is 1. The number of carbonyl (C=O) groups is 1. The Hall–Kier alpha value is -2.43. The van der Waals surface area contributed by atoms with Crippen molar-refractivity contribution in [2.24, 2.45) is 0 Å². The Labute approximate surface area is 117 Å². The molecule has 104 valence electrons. The summed E-state index contributed by atoms with van der Waals surface area (Å²) in [4.78, 5) is 19.1. The summed E-state index contributed by atoms with van der Waals surface area (Å²) >= 11 is 0. The highest BCUT2D eigenvalue weighted by Gasteiger charge is 2.14. The van der Waals surface area contributed by atoms with Crippen molar-refractivity contribution < 1.29 is 14.6 Å². The van der Waals surface area contributed by atoms with E-state index in [1.807, 2.05) is 26.0 Å². The second kappa shape index (κ2) is 5.69. The van der Waals surface area contributed by atoms with Gasteiger partial charge in [0.1, 0.15) is 12.1 Å². The van der Waals surface area contributed by atoms with Crippen LogP contribution in [0, 0.1) is 13.8 Å². The number of hydrogen-bond donors (Lipinski definition) is 1. The predicted molar refractivity (Wildman–Crippen MR) is 74.8 cm³/mol. The Morgan fingerprint density at radius 1 is 1.30 bits per heavy atom. The maximum atomic E-state index is 10.9. The Balaban J connectivity index is 2.57. The topological polar surface area (TPSA) is 72.3 Å². The Bertz CT molecular complexity index is 654. The van der Waals surface area contributed by atoms with Gasteiger partial charge in [-0.2, -0.15) is 0 Å². The molecule has 0 bridgehead atoms. The monoisotopic (exact) mass is 272 g/mol. The van der Waals surface area contributed by atoms with Crippen LogP contribution in [0.1, 0.15) is 16.7 Å². The molecule has 1 aromatic carbocycles. The van der Waals surface area contributed by atoms with E-state index in [0.29, 0.717) is 11.3 Å². The molecule has 0 saturated heterocycles. The molecule has 2 rings (SSSR count). The first kappa shape index (κ1) is 14.0. The lowest BCUT2D eigenvalue weighted by Crippen LogP contribution is -2.04. The maximum Gasteiger partial charge on any atom is 0.307 e. The van der Waals surface area contributed by atoms with E-state index in [0.717, 1.165) is 22.4 Å². The van der Waals surface area contributed by atoms with Crippen molar-refractivity contribution in [3.63, 3.8) is 0 Å². The number of aliphatic carboxylic acids is 1. The zero-order valence-electron chi connectivity index (χ0n) is 11.7. The van der Waals surface area contributed by atoms with Crippen LogP contribution in [0.2, 0.25) is 0 Å². The molecule has 1 aromatic heterocycles. The number of rotatable bonds is 4. The van der Waals surface area contributed by atoms with Crippen molar-refractivity contribution in [3.8, 4) is 17.0 Å². The van der Waals surface area contributed by atoms with Gasteiger partial charge in [0.25, 0.3) is 0 Å². The number of benzene rings is 1. The van der Waals surface area contributed by atoms with Gasteiger partial charge in [-0.05, 0) is 37.1 Å². The summed E-state index contributed by atoms with van der Waals surface area (Å²) in [5, 5.41) is 8.97. The van der Waals surface area contributed by atoms with Crippen molar-refractivity contribution in [1.29, 1.82) is 0 Å². The summed E-state index contributed by atoms with van der Waals surface area (Å²) < 4.78 is 5.28. The zero-order valence-corrected chi connectivity index (χ0v) is 11.7. The molecule has 0 radical (unpaired) electrons. The van der Waals surface area contributed by atoms with E-state index >= 15 is 0 Å². The highest BCUT2D eigenvalue weighted by atomic mass is 16.5.